The summed E-state index contributed by atoms with van der Waals surface area (Å²) >= 11 is -1.95. The summed E-state index contributed by atoms with van der Waals surface area (Å²) < 4.78 is 17.7. The van der Waals surface area contributed by atoms with Crippen molar-refractivity contribution in [1.29, 1.82) is 0 Å². The minimum absolute atomic E-state index is 0.250. The van der Waals surface area contributed by atoms with E-state index in [1.807, 2.05) is 0 Å². The predicted octanol–water partition coefficient (Wildman–Crippen LogP) is 0.280. The van der Waals surface area contributed by atoms with E-state index < -0.39 is 11.1 Å². The first-order valence-corrected chi connectivity index (χ1v) is 2.84. The quantitative estimate of drug-likeness (QED) is 0.408. The molecule has 0 heterocycles. The Kier molecular flexibility index (Phi) is 2.62. The zero-order valence-corrected chi connectivity index (χ0v) is 4.44. The molecule has 0 amide bonds. The van der Waals surface area contributed by atoms with Gasteiger partial charge in [0, 0.05) is 0 Å². The van der Waals surface area contributed by atoms with Gasteiger partial charge in [-0.25, -0.2) is 4.21 Å². The summed E-state index contributed by atoms with van der Waals surface area (Å²) in [4.78, 5) is 0. The van der Waals surface area contributed by atoms with E-state index in [9.17, 15) is 4.21 Å². The van der Waals surface area contributed by atoms with Gasteiger partial charge in [0.05, 0.1) is 5.76 Å². The highest BCUT2D eigenvalue weighted by Gasteiger charge is 1.92. The van der Waals surface area contributed by atoms with E-state index >= 15 is 0 Å². The topological polar surface area (TPSA) is 57.5 Å². The van der Waals surface area contributed by atoms with Gasteiger partial charge in [-0.05, 0) is 0 Å². The van der Waals surface area contributed by atoms with Crippen molar-refractivity contribution in [1.82, 2.24) is 0 Å². The summed E-state index contributed by atoms with van der Waals surface area (Å²) in [5.41, 5.74) is 0. The maximum atomic E-state index is 9.70. The molecule has 0 aromatic heterocycles. The van der Waals surface area contributed by atoms with Crippen molar-refractivity contribution >= 4 is 11.1 Å². The maximum Gasteiger partial charge on any atom is 0.160 e. The Morgan fingerprint density at radius 1 is 1.86 bits per heavy atom. The van der Waals surface area contributed by atoms with E-state index in [0.29, 0.717) is 0 Å². The standard InChI is InChI=1S/C3H6O3S/c1-3(4)2-7(5)6/h4H,1-2H2,(H,5,6). The molecule has 1 unspecified atom stereocenters. The lowest BCUT2D eigenvalue weighted by atomic mass is 10.7. The fraction of sp³-hybridized carbons (Fsp3) is 0.333. The number of aliphatic hydroxyl groups excluding tert-OH is 1. The molecule has 42 valence electrons. The fourth-order valence-electron chi connectivity index (χ4n) is 0.143. The first-order chi connectivity index (χ1) is 3.13. The third kappa shape index (κ3) is 5.65. The molecule has 0 aromatic rings. The molecule has 2 N–H and O–H groups in total. The van der Waals surface area contributed by atoms with E-state index in [0.717, 1.165) is 0 Å². The van der Waals surface area contributed by atoms with Crippen molar-refractivity contribution in [2.75, 3.05) is 5.75 Å². The normalized spacial score (nSPS) is 13.3. The molecule has 0 spiro atoms. The highest BCUT2D eigenvalue weighted by molar-refractivity contribution is 7.79. The third-order valence-corrected chi connectivity index (χ3v) is 0.870. The Hall–Kier alpha value is -0.350. The monoisotopic (exact) mass is 122 g/mol. The molecule has 0 rings (SSSR count). The lowest BCUT2D eigenvalue weighted by molar-refractivity contribution is 0.415. The van der Waals surface area contributed by atoms with Crippen molar-refractivity contribution in [3.8, 4) is 0 Å². The zero-order chi connectivity index (χ0) is 5.86. The number of hydrogen-bond acceptors (Lipinski definition) is 2. The van der Waals surface area contributed by atoms with Crippen LogP contribution in [0.5, 0.6) is 0 Å². The van der Waals surface area contributed by atoms with Crippen molar-refractivity contribution in [3.05, 3.63) is 12.3 Å². The van der Waals surface area contributed by atoms with E-state index in [1.165, 1.54) is 0 Å². The van der Waals surface area contributed by atoms with Crippen molar-refractivity contribution in [3.63, 3.8) is 0 Å². The molecule has 0 bridgehead atoms. The molecule has 0 aliphatic heterocycles. The zero-order valence-electron chi connectivity index (χ0n) is 3.63. The average Bonchev–Trinajstić information content (AvgIpc) is 1.27. The van der Waals surface area contributed by atoms with Gasteiger partial charge in [0.25, 0.3) is 0 Å². The van der Waals surface area contributed by atoms with Gasteiger partial charge in [0.1, 0.15) is 5.75 Å². The molecule has 0 aliphatic carbocycles. The van der Waals surface area contributed by atoms with Gasteiger partial charge < -0.3 is 9.66 Å². The average molecular weight is 122 g/mol. The molecule has 0 saturated carbocycles. The van der Waals surface area contributed by atoms with Crippen LogP contribution in [0.1, 0.15) is 0 Å². The molecule has 3 nitrogen and oxygen atoms in total. The van der Waals surface area contributed by atoms with Crippen LogP contribution in [0.3, 0.4) is 0 Å². The van der Waals surface area contributed by atoms with Gasteiger partial charge in [-0.15, -0.1) is 0 Å². The van der Waals surface area contributed by atoms with Gasteiger partial charge >= 0.3 is 0 Å². The Balaban J connectivity index is 3.32. The molecule has 7 heavy (non-hydrogen) atoms. The second-order valence-corrected chi connectivity index (χ2v) is 1.96. The van der Waals surface area contributed by atoms with E-state index in [-0.39, 0.29) is 11.5 Å². The van der Waals surface area contributed by atoms with Crippen LogP contribution in [0, 0.1) is 0 Å². The number of hydrogen-bond donors (Lipinski definition) is 2. The Morgan fingerprint density at radius 2 is 2.29 bits per heavy atom. The van der Waals surface area contributed by atoms with Crippen LogP contribution in [0.4, 0.5) is 0 Å². The predicted molar refractivity (Wildman–Crippen MR) is 27.4 cm³/mol. The lowest BCUT2D eigenvalue weighted by Crippen LogP contribution is -1.95. The first kappa shape index (κ1) is 6.65. The van der Waals surface area contributed by atoms with Gasteiger partial charge in [0.15, 0.2) is 11.1 Å². The van der Waals surface area contributed by atoms with Gasteiger partial charge in [-0.3, -0.25) is 0 Å². The second-order valence-electron chi connectivity index (χ2n) is 1.03. The summed E-state index contributed by atoms with van der Waals surface area (Å²) in [5, 5.41) is 8.18. The summed E-state index contributed by atoms with van der Waals surface area (Å²) in [6.45, 7) is 3.00. The van der Waals surface area contributed by atoms with Crippen LogP contribution in [-0.4, -0.2) is 19.6 Å². The maximum absolute atomic E-state index is 9.70. The summed E-state index contributed by atoms with van der Waals surface area (Å²) in [7, 11) is 0. The summed E-state index contributed by atoms with van der Waals surface area (Å²) in [6, 6.07) is 0. The molecule has 4 heteroatoms. The molecule has 0 aromatic carbocycles. The molecule has 0 fully saturated rings. The van der Waals surface area contributed by atoms with Crippen LogP contribution >= 0.6 is 0 Å². The van der Waals surface area contributed by atoms with Crippen molar-refractivity contribution in [2.24, 2.45) is 0 Å². The highest BCUT2D eigenvalue weighted by Crippen LogP contribution is 1.82. The van der Waals surface area contributed by atoms with Gasteiger partial charge in [-0.1, -0.05) is 6.58 Å². The SMILES string of the molecule is C=C(O)CS(=O)O. The minimum Gasteiger partial charge on any atom is -0.512 e. The Bertz CT molecular complexity index is 86.4. The summed E-state index contributed by atoms with van der Waals surface area (Å²) in [6.07, 6.45) is 0. The van der Waals surface area contributed by atoms with Crippen LogP contribution in [0.25, 0.3) is 0 Å². The minimum atomic E-state index is -1.95. The van der Waals surface area contributed by atoms with Crippen LogP contribution in [0.2, 0.25) is 0 Å². The van der Waals surface area contributed by atoms with Crippen molar-refractivity contribution < 1.29 is 13.9 Å². The second kappa shape index (κ2) is 2.76. The van der Waals surface area contributed by atoms with Gasteiger partial charge in [-0.2, -0.15) is 0 Å². The van der Waals surface area contributed by atoms with Crippen molar-refractivity contribution in [2.45, 2.75) is 0 Å². The van der Waals surface area contributed by atoms with E-state index in [4.69, 9.17) is 9.66 Å². The molecule has 0 saturated heterocycles. The fourth-order valence-corrected chi connectivity index (χ4v) is 0.428. The van der Waals surface area contributed by atoms with E-state index in [2.05, 4.69) is 6.58 Å². The molecular formula is C3H6O3S. The lowest BCUT2D eigenvalue weighted by Gasteiger charge is -1.87. The Morgan fingerprint density at radius 3 is 2.29 bits per heavy atom. The van der Waals surface area contributed by atoms with E-state index in [1.54, 1.807) is 0 Å². The van der Waals surface area contributed by atoms with Crippen LogP contribution < -0.4 is 0 Å². The summed E-state index contributed by atoms with van der Waals surface area (Å²) in [5.74, 6) is -0.513. The molecule has 0 radical (unpaired) electrons. The Labute approximate surface area is 44.0 Å². The third-order valence-electron chi connectivity index (χ3n) is 0.290. The largest absolute Gasteiger partial charge is 0.512 e. The smallest absolute Gasteiger partial charge is 0.160 e. The molecule has 1 atom stereocenters. The van der Waals surface area contributed by atoms with Gasteiger partial charge in [0.2, 0.25) is 0 Å². The number of rotatable bonds is 2. The molecular weight excluding hydrogens is 116 g/mol. The molecule has 0 aliphatic rings. The number of aliphatic hydroxyl groups is 1. The van der Waals surface area contributed by atoms with Crippen LogP contribution in [-0.2, 0) is 11.1 Å². The first-order valence-electron chi connectivity index (χ1n) is 1.57. The van der Waals surface area contributed by atoms with Crippen LogP contribution in [0.15, 0.2) is 12.3 Å². The highest BCUT2D eigenvalue weighted by atomic mass is 32.2.